The van der Waals surface area contributed by atoms with Crippen LogP contribution in [0, 0.1) is 0 Å². The molecule has 1 N–H and O–H groups in total. The van der Waals surface area contributed by atoms with Crippen molar-refractivity contribution in [1.29, 1.82) is 0 Å². The van der Waals surface area contributed by atoms with E-state index in [4.69, 9.17) is 0 Å². The lowest BCUT2D eigenvalue weighted by molar-refractivity contribution is 0.471. The molecule has 1 aromatic carbocycles. The monoisotopic (exact) mass is 283 g/mol. The van der Waals surface area contributed by atoms with E-state index < -0.39 is 0 Å². The van der Waals surface area contributed by atoms with Crippen LogP contribution in [0.15, 0.2) is 42.7 Å². The van der Waals surface area contributed by atoms with Gasteiger partial charge in [-0.3, -0.25) is 4.68 Å². The molecule has 1 fully saturated rings. The summed E-state index contributed by atoms with van der Waals surface area (Å²) in [6, 6.07) is 11.2. The molecule has 112 valence electrons. The van der Waals surface area contributed by atoms with Crippen molar-refractivity contribution >= 4 is 5.69 Å². The van der Waals surface area contributed by atoms with Gasteiger partial charge >= 0.3 is 0 Å². The Kier molecular flexibility index (Phi) is 4.93. The number of para-hydroxylation sites is 1. The highest BCUT2D eigenvalue weighted by Crippen LogP contribution is 2.23. The Morgan fingerprint density at radius 2 is 1.76 bits per heavy atom. The fourth-order valence-electron chi connectivity index (χ4n) is 3.19. The normalized spacial score (nSPS) is 17.1. The van der Waals surface area contributed by atoms with E-state index in [1.165, 1.54) is 56.2 Å². The second-order valence-corrected chi connectivity index (χ2v) is 6.05. The molecule has 0 aliphatic heterocycles. The van der Waals surface area contributed by atoms with Crippen LogP contribution in [0.2, 0.25) is 0 Å². The summed E-state index contributed by atoms with van der Waals surface area (Å²) in [4.78, 5) is 0. The summed E-state index contributed by atoms with van der Waals surface area (Å²) < 4.78 is 1.98. The SMILES string of the molecule is c1ccc(NC2CCCCCCC2)c(Cn2cccn2)c1. The van der Waals surface area contributed by atoms with Gasteiger partial charge in [-0.1, -0.05) is 50.3 Å². The van der Waals surface area contributed by atoms with E-state index in [-0.39, 0.29) is 0 Å². The first-order valence-electron chi connectivity index (χ1n) is 8.24. The van der Waals surface area contributed by atoms with E-state index in [0.29, 0.717) is 6.04 Å². The summed E-state index contributed by atoms with van der Waals surface area (Å²) >= 11 is 0. The van der Waals surface area contributed by atoms with Crippen LogP contribution in [-0.4, -0.2) is 15.8 Å². The van der Waals surface area contributed by atoms with Crippen LogP contribution in [-0.2, 0) is 6.54 Å². The maximum Gasteiger partial charge on any atom is 0.0679 e. The molecule has 3 nitrogen and oxygen atoms in total. The van der Waals surface area contributed by atoms with Crippen molar-refractivity contribution in [2.45, 2.75) is 57.5 Å². The molecule has 3 rings (SSSR count). The highest BCUT2D eigenvalue weighted by molar-refractivity contribution is 5.51. The average molecular weight is 283 g/mol. The summed E-state index contributed by atoms with van der Waals surface area (Å²) in [5, 5.41) is 8.10. The van der Waals surface area contributed by atoms with Crippen molar-refractivity contribution < 1.29 is 0 Å². The lowest BCUT2D eigenvalue weighted by atomic mass is 9.96. The number of benzene rings is 1. The summed E-state index contributed by atoms with van der Waals surface area (Å²) in [7, 11) is 0. The number of anilines is 1. The second-order valence-electron chi connectivity index (χ2n) is 6.05. The molecule has 0 atom stereocenters. The second kappa shape index (κ2) is 7.30. The van der Waals surface area contributed by atoms with Gasteiger partial charge in [-0.05, 0) is 30.5 Å². The van der Waals surface area contributed by atoms with Crippen molar-refractivity contribution in [3.63, 3.8) is 0 Å². The zero-order valence-corrected chi connectivity index (χ0v) is 12.7. The van der Waals surface area contributed by atoms with Gasteiger partial charge < -0.3 is 5.32 Å². The Labute approximate surface area is 127 Å². The lowest BCUT2D eigenvalue weighted by Crippen LogP contribution is -2.21. The molecule has 0 spiro atoms. The molecule has 0 saturated heterocycles. The zero-order chi connectivity index (χ0) is 14.3. The maximum atomic E-state index is 4.32. The van der Waals surface area contributed by atoms with E-state index in [2.05, 4.69) is 34.7 Å². The largest absolute Gasteiger partial charge is 0.382 e. The molecule has 2 aromatic rings. The molecule has 0 radical (unpaired) electrons. The number of hydrogen-bond acceptors (Lipinski definition) is 2. The van der Waals surface area contributed by atoms with Gasteiger partial charge in [0.05, 0.1) is 6.54 Å². The molecule has 1 aromatic heterocycles. The Bertz CT molecular complexity index is 525. The molecule has 1 aliphatic rings. The maximum absolute atomic E-state index is 4.32. The van der Waals surface area contributed by atoms with Gasteiger partial charge in [0.15, 0.2) is 0 Å². The van der Waals surface area contributed by atoms with E-state index in [1.807, 2.05) is 23.1 Å². The van der Waals surface area contributed by atoms with Crippen molar-refractivity contribution in [2.75, 3.05) is 5.32 Å². The molecule has 0 bridgehead atoms. The zero-order valence-electron chi connectivity index (χ0n) is 12.7. The van der Waals surface area contributed by atoms with Gasteiger partial charge in [0.25, 0.3) is 0 Å². The summed E-state index contributed by atoms with van der Waals surface area (Å²) in [5.41, 5.74) is 2.60. The predicted molar refractivity (Wildman–Crippen MR) is 87.5 cm³/mol. The molecule has 1 saturated carbocycles. The van der Waals surface area contributed by atoms with Crippen LogP contribution in [0.1, 0.15) is 50.5 Å². The first-order valence-corrected chi connectivity index (χ1v) is 8.24. The molecule has 21 heavy (non-hydrogen) atoms. The Morgan fingerprint density at radius 1 is 1.00 bits per heavy atom. The number of rotatable bonds is 4. The van der Waals surface area contributed by atoms with Gasteiger partial charge in [0.2, 0.25) is 0 Å². The number of nitrogens with zero attached hydrogens (tertiary/aromatic N) is 2. The lowest BCUT2D eigenvalue weighted by Gasteiger charge is -2.23. The van der Waals surface area contributed by atoms with Crippen molar-refractivity contribution in [3.05, 3.63) is 48.3 Å². The Morgan fingerprint density at radius 3 is 2.52 bits per heavy atom. The highest BCUT2D eigenvalue weighted by atomic mass is 15.3. The first kappa shape index (κ1) is 14.2. The third-order valence-corrected chi connectivity index (χ3v) is 4.37. The third-order valence-electron chi connectivity index (χ3n) is 4.37. The predicted octanol–water partition coefficient (Wildman–Crippen LogP) is 4.46. The van der Waals surface area contributed by atoms with Gasteiger partial charge in [-0.25, -0.2) is 0 Å². The van der Waals surface area contributed by atoms with Crippen LogP contribution in [0.5, 0.6) is 0 Å². The van der Waals surface area contributed by atoms with Crippen molar-refractivity contribution in [3.8, 4) is 0 Å². The Balaban J connectivity index is 1.69. The average Bonchev–Trinajstić information content (AvgIpc) is 2.96. The molecular formula is C18H25N3. The molecule has 1 aliphatic carbocycles. The van der Waals surface area contributed by atoms with E-state index in [9.17, 15) is 0 Å². The topological polar surface area (TPSA) is 29.9 Å². The summed E-state index contributed by atoms with van der Waals surface area (Å²) in [6.45, 7) is 0.836. The molecule has 3 heteroatoms. The minimum absolute atomic E-state index is 0.629. The standard InChI is InChI=1S/C18H25N3/c1-2-4-10-17(11-5-3-1)20-18-12-7-6-9-16(18)15-21-14-8-13-19-21/h6-9,12-14,17,20H,1-5,10-11,15H2. The van der Waals surface area contributed by atoms with E-state index in [0.717, 1.165) is 6.54 Å². The van der Waals surface area contributed by atoms with Gasteiger partial charge in [0.1, 0.15) is 0 Å². The third kappa shape index (κ3) is 4.10. The number of aromatic nitrogens is 2. The molecule has 1 heterocycles. The fourth-order valence-corrected chi connectivity index (χ4v) is 3.19. The van der Waals surface area contributed by atoms with Crippen LogP contribution in [0.25, 0.3) is 0 Å². The van der Waals surface area contributed by atoms with Gasteiger partial charge in [-0.15, -0.1) is 0 Å². The Hall–Kier alpha value is -1.77. The van der Waals surface area contributed by atoms with Crippen LogP contribution in [0.3, 0.4) is 0 Å². The fraction of sp³-hybridized carbons (Fsp3) is 0.500. The number of nitrogens with one attached hydrogen (secondary N) is 1. The minimum Gasteiger partial charge on any atom is -0.382 e. The smallest absolute Gasteiger partial charge is 0.0679 e. The molecular weight excluding hydrogens is 258 g/mol. The van der Waals surface area contributed by atoms with E-state index >= 15 is 0 Å². The molecule has 0 unspecified atom stereocenters. The number of hydrogen-bond donors (Lipinski definition) is 1. The first-order chi connectivity index (χ1) is 10.4. The van der Waals surface area contributed by atoms with Crippen LogP contribution in [0.4, 0.5) is 5.69 Å². The van der Waals surface area contributed by atoms with Crippen molar-refractivity contribution in [2.24, 2.45) is 0 Å². The van der Waals surface area contributed by atoms with Crippen molar-refractivity contribution in [1.82, 2.24) is 9.78 Å². The van der Waals surface area contributed by atoms with Gasteiger partial charge in [-0.2, -0.15) is 5.10 Å². The van der Waals surface area contributed by atoms with E-state index in [1.54, 1.807) is 0 Å². The summed E-state index contributed by atoms with van der Waals surface area (Å²) in [6.07, 6.45) is 13.4. The quantitative estimate of drug-likeness (QED) is 0.898. The van der Waals surface area contributed by atoms with Crippen LogP contribution >= 0.6 is 0 Å². The molecule has 0 amide bonds. The summed E-state index contributed by atoms with van der Waals surface area (Å²) in [5.74, 6) is 0. The van der Waals surface area contributed by atoms with Crippen LogP contribution < -0.4 is 5.32 Å². The highest BCUT2D eigenvalue weighted by Gasteiger charge is 2.12. The van der Waals surface area contributed by atoms with Gasteiger partial charge in [0, 0.05) is 24.1 Å². The minimum atomic E-state index is 0.629.